The van der Waals surface area contributed by atoms with Gasteiger partial charge in [-0.2, -0.15) is 5.10 Å². The number of carbonyl (C=O) groups excluding carboxylic acids is 1. The summed E-state index contributed by atoms with van der Waals surface area (Å²) in [7, 11) is 0. The number of rotatable bonds is 5. The molecule has 100 valence electrons. The number of hydrogen-bond donors (Lipinski definition) is 2. The molecule has 0 aliphatic rings. The molecule has 2 atom stereocenters. The van der Waals surface area contributed by atoms with Gasteiger partial charge < -0.3 is 11.1 Å². The highest BCUT2D eigenvalue weighted by Gasteiger charge is 2.09. The fourth-order valence-corrected chi connectivity index (χ4v) is 1.36. The Labute approximate surface area is 114 Å². The highest BCUT2D eigenvalue weighted by Crippen LogP contribution is 1.93. The van der Waals surface area contributed by atoms with Crippen molar-refractivity contribution in [3.63, 3.8) is 0 Å². The molecule has 0 bridgehead atoms. The van der Waals surface area contributed by atoms with E-state index in [2.05, 4.69) is 10.4 Å². The van der Waals surface area contributed by atoms with Crippen LogP contribution < -0.4 is 11.1 Å². The summed E-state index contributed by atoms with van der Waals surface area (Å²) in [6.45, 7) is 4.44. The lowest BCUT2D eigenvalue weighted by molar-refractivity contribution is -0.122. The predicted molar refractivity (Wildman–Crippen MR) is 72.6 cm³/mol. The van der Waals surface area contributed by atoms with Crippen molar-refractivity contribution in [1.82, 2.24) is 15.1 Å². The van der Waals surface area contributed by atoms with Crippen molar-refractivity contribution in [3.8, 4) is 0 Å². The van der Waals surface area contributed by atoms with Gasteiger partial charge >= 0.3 is 0 Å². The van der Waals surface area contributed by atoms with Crippen LogP contribution in [-0.4, -0.2) is 27.8 Å². The lowest BCUT2D eigenvalue weighted by atomic mass is 10.2. The van der Waals surface area contributed by atoms with Gasteiger partial charge in [0, 0.05) is 30.9 Å². The number of nitrogens with zero attached hydrogens (tertiary/aromatic N) is 2. The van der Waals surface area contributed by atoms with Gasteiger partial charge in [-0.3, -0.25) is 9.48 Å². The Morgan fingerprint density at radius 1 is 1.47 bits per heavy atom. The minimum atomic E-state index is -0.0955. The van der Waals surface area contributed by atoms with Crippen molar-refractivity contribution >= 4 is 30.7 Å². The van der Waals surface area contributed by atoms with Crippen molar-refractivity contribution in [3.05, 3.63) is 18.5 Å². The highest BCUT2D eigenvalue weighted by atomic mass is 35.5. The number of halogens is 2. The molecule has 1 aromatic heterocycles. The summed E-state index contributed by atoms with van der Waals surface area (Å²) in [6, 6.07) is 1.83. The molecule has 0 saturated carbocycles. The standard InChI is InChI=1S/C10H18N4O.2ClH/c1-8(11)6-10(15)13-9(2)7-14-5-3-4-12-14;;/h3-5,8-9H,6-7,11H2,1-2H3,(H,13,15);2*1H. The summed E-state index contributed by atoms with van der Waals surface area (Å²) in [4.78, 5) is 11.4. The third-order valence-electron chi connectivity index (χ3n) is 1.93. The summed E-state index contributed by atoms with van der Waals surface area (Å²) in [5.74, 6) is -0.00958. The van der Waals surface area contributed by atoms with Crippen molar-refractivity contribution in [1.29, 1.82) is 0 Å². The molecule has 2 unspecified atom stereocenters. The third kappa shape index (κ3) is 8.01. The van der Waals surface area contributed by atoms with E-state index >= 15 is 0 Å². The molecule has 0 aliphatic heterocycles. The van der Waals surface area contributed by atoms with E-state index in [9.17, 15) is 4.79 Å². The van der Waals surface area contributed by atoms with Crippen LogP contribution in [0.5, 0.6) is 0 Å². The number of hydrogen-bond acceptors (Lipinski definition) is 3. The van der Waals surface area contributed by atoms with E-state index in [-0.39, 0.29) is 42.8 Å². The predicted octanol–water partition coefficient (Wildman–Crippen LogP) is 0.969. The second-order valence-corrected chi connectivity index (χ2v) is 3.88. The average Bonchev–Trinajstić information content (AvgIpc) is 2.53. The largest absolute Gasteiger partial charge is 0.352 e. The molecule has 17 heavy (non-hydrogen) atoms. The molecule has 0 aromatic carbocycles. The quantitative estimate of drug-likeness (QED) is 0.845. The molecule has 3 N–H and O–H groups in total. The zero-order valence-electron chi connectivity index (χ0n) is 10.00. The minimum absolute atomic E-state index is 0. The second kappa shape index (κ2) is 9.27. The van der Waals surface area contributed by atoms with Gasteiger partial charge in [0.05, 0.1) is 6.54 Å². The van der Waals surface area contributed by atoms with E-state index in [0.29, 0.717) is 13.0 Å². The minimum Gasteiger partial charge on any atom is -0.352 e. The third-order valence-corrected chi connectivity index (χ3v) is 1.93. The smallest absolute Gasteiger partial charge is 0.221 e. The molecule has 0 radical (unpaired) electrons. The van der Waals surface area contributed by atoms with Crippen LogP contribution in [-0.2, 0) is 11.3 Å². The summed E-state index contributed by atoms with van der Waals surface area (Å²) in [5, 5.41) is 6.93. The van der Waals surface area contributed by atoms with Crippen LogP contribution in [0.15, 0.2) is 18.5 Å². The summed E-state index contributed by atoms with van der Waals surface area (Å²) in [6.07, 6.45) is 3.95. The molecule has 1 aromatic rings. The van der Waals surface area contributed by atoms with Gasteiger partial charge in [0.15, 0.2) is 0 Å². The number of nitrogens with one attached hydrogen (secondary N) is 1. The molecule has 0 saturated heterocycles. The van der Waals surface area contributed by atoms with Crippen LogP contribution in [0.4, 0.5) is 0 Å². The Morgan fingerprint density at radius 2 is 2.12 bits per heavy atom. The maximum absolute atomic E-state index is 11.4. The number of nitrogens with two attached hydrogens (primary N) is 1. The van der Waals surface area contributed by atoms with Crippen LogP contribution >= 0.6 is 24.8 Å². The van der Waals surface area contributed by atoms with Gasteiger partial charge in [0.1, 0.15) is 0 Å². The normalized spacial score (nSPS) is 12.9. The first kappa shape index (κ1) is 18.6. The number of carbonyl (C=O) groups is 1. The van der Waals surface area contributed by atoms with Crippen LogP contribution in [0.2, 0.25) is 0 Å². The van der Waals surface area contributed by atoms with Gasteiger partial charge in [-0.15, -0.1) is 24.8 Å². The second-order valence-electron chi connectivity index (χ2n) is 3.88. The molecule has 7 heteroatoms. The SMILES string of the molecule is CC(N)CC(=O)NC(C)Cn1cccn1.Cl.Cl. The maximum atomic E-state index is 11.4. The number of aromatic nitrogens is 2. The van der Waals surface area contributed by atoms with E-state index < -0.39 is 0 Å². The van der Waals surface area contributed by atoms with Gasteiger partial charge in [0.25, 0.3) is 0 Å². The highest BCUT2D eigenvalue weighted by molar-refractivity contribution is 5.85. The first-order valence-corrected chi connectivity index (χ1v) is 5.10. The summed E-state index contributed by atoms with van der Waals surface area (Å²) < 4.78 is 1.79. The molecule has 1 amide bonds. The Morgan fingerprint density at radius 3 is 2.59 bits per heavy atom. The zero-order valence-corrected chi connectivity index (χ0v) is 11.6. The fourth-order valence-electron chi connectivity index (χ4n) is 1.36. The average molecular weight is 283 g/mol. The Hall–Kier alpha value is -0.780. The van der Waals surface area contributed by atoms with Crippen LogP contribution in [0.1, 0.15) is 20.3 Å². The van der Waals surface area contributed by atoms with Gasteiger partial charge in [-0.1, -0.05) is 0 Å². The first-order chi connectivity index (χ1) is 7.08. The van der Waals surface area contributed by atoms with Crippen molar-refractivity contribution < 1.29 is 4.79 Å². The molecule has 5 nitrogen and oxygen atoms in total. The van der Waals surface area contributed by atoms with E-state index in [0.717, 1.165) is 0 Å². The van der Waals surface area contributed by atoms with E-state index in [1.165, 1.54) is 0 Å². The fraction of sp³-hybridized carbons (Fsp3) is 0.600. The molecular formula is C10H20Cl2N4O. The first-order valence-electron chi connectivity index (χ1n) is 5.10. The molecular weight excluding hydrogens is 263 g/mol. The summed E-state index contributed by atoms with van der Waals surface area (Å²) in [5.41, 5.74) is 5.53. The van der Waals surface area contributed by atoms with Crippen molar-refractivity contribution in [2.75, 3.05) is 0 Å². The van der Waals surface area contributed by atoms with E-state index in [4.69, 9.17) is 5.73 Å². The van der Waals surface area contributed by atoms with E-state index in [1.807, 2.05) is 26.1 Å². The molecule has 1 rings (SSSR count). The van der Waals surface area contributed by atoms with E-state index in [1.54, 1.807) is 10.9 Å². The topological polar surface area (TPSA) is 72.9 Å². The Kier molecular flexibility index (Phi) is 10.1. The maximum Gasteiger partial charge on any atom is 0.221 e. The molecule has 1 heterocycles. The molecule has 0 aliphatic carbocycles. The zero-order chi connectivity index (χ0) is 11.3. The van der Waals surface area contributed by atoms with Gasteiger partial charge in [-0.05, 0) is 19.9 Å². The molecule has 0 spiro atoms. The van der Waals surface area contributed by atoms with Crippen molar-refractivity contribution in [2.24, 2.45) is 5.73 Å². The lowest BCUT2D eigenvalue weighted by Crippen LogP contribution is -2.38. The van der Waals surface area contributed by atoms with Crippen LogP contribution in [0.25, 0.3) is 0 Å². The monoisotopic (exact) mass is 282 g/mol. The Balaban J connectivity index is 0. The van der Waals surface area contributed by atoms with Gasteiger partial charge in [-0.25, -0.2) is 0 Å². The van der Waals surface area contributed by atoms with Crippen LogP contribution in [0.3, 0.4) is 0 Å². The van der Waals surface area contributed by atoms with Gasteiger partial charge in [0.2, 0.25) is 5.91 Å². The van der Waals surface area contributed by atoms with Crippen LogP contribution in [0, 0.1) is 0 Å². The lowest BCUT2D eigenvalue weighted by Gasteiger charge is -2.14. The molecule has 0 fully saturated rings. The van der Waals surface area contributed by atoms with Crippen molar-refractivity contribution in [2.45, 2.75) is 38.9 Å². The Bertz CT molecular complexity index is 303. The summed E-state index contributed by atoms with van der Waals surface area (Å²) >= 11 is 0. The number of amides is 1.